The van der Waals surface area contributed by atoms with E-state index in [-0.39, 0.29) is 0 Å². The van der Waals surface area contributed by atoms with Gasteiger partial charge in [-0.15, -0.1) is 0 Å². The van der Waals surface area contributed by atoms with Gasteiger partial charge in [-0.3, -0.25) is 4.40 Å². The fraction of sp³-hybridized carbons (Fsp3) is 0. The van der Waals surface area contributed by atoms with E-state index in [0.717, 1.165) is 75.8 Å². The molecule has 9 aromatic rings. The molecule has 9 rings (SSSR count). The molecule has 0 aliphatic carbocycles. The van der Waals surface area contributed by atoms with Crippen LogP contribution < -0.4 is 15.9 Å². The predicted molar refractivity (Wildman–Crippen MR) is 182 cm³/mol. The average molecular weight is 569 g/mol. The van der Waals surface area contributed by atoms with E-state index in [4.69, 9.17) is 4.98 Å². The summed E-state index contributed by atoms with van der Waals surface area (Å²) >= 11 is 0. The molecular weight excluding hydrogens is 543 g/mol. The SMILES string of the molecule is O=P(c1ccc2c(c1)c1ccccc1n1c3ccccc3nc21)(c1cccc2ccccc12)c1cccc2ccccc12. The van der Waals surface area contributed by atoms with Crippen LogP contribution in [0, 0.1) is 0 Å². The molecule has 0 atom stereocenters. The highest BCUT2D eigenvalue weighted by Crippen LogP contribution is 2.47. The van der Waals surface area contributed by atoms with Gasteiger partial charge >= 0.3 is 0 Å². The summed E-state index contributed by atoms with van der Waals surface area (Å²) in [4.78, 5) is 5.08. The molecule has 2 heterocycles. The molecule has 3 nitrogen and oxygen atoms in total. The number of fused-ring (bicyclic) bond motifs is 10. The van der Waals surface area contributed by atoms with Crippen LogP contribution in [0.2, 0.25) is 0 Å². The zero-order chi connectivity index (χ0) is 28.5. The van der Waals surface area contributed by atoms with Gasteiger partial charge in [-0.2, -0.15) is 0 Å². The number of rotatable bonds is 3. The van der Waals surface area contributed by atoms with Crippen molar-refractivity contribution in [1.29, 1.82) is 0 Å². The third-order valence-electron chi connectivity index (χ3n) is 8.82. The summed E-state index contributed by atoms with van der Waals surface area (Å²) in [5.74, 6) is 0. The van der Waals surface area contributed by atoms with Crippen molar-refractivity contribution in [3.05, 3.63) is 152 Å². The molecule has 202 valence electrons. The third kappa shape index (κ3) is 3.43. The second-order valence-corrected chi connectivity index (χ2v) is 13.8. The molecule has 0 aliphatic heterocycles. The van der Waals surface area contributed by atoms with Crippen molar-refractivity contribution in [3.8, 4) is 0 Å². The lowest BCUT2D eigenvalue weighted by atomic mass is 10.1. The van der Waals surface area contributed by atoms with Gasteiger partial charge in [0.25, 0.3) is 0 Å². The first-order chi connectivity index (χ1) is 21.2. The Morgan fingerprint density at radius 3 is 1.72 bits per heavy atom. The Kier molecular flexibility index (Phi) is 5.17. The van der Waals surface area contributed by atoms with E-state index in [9.17, 15) is 0 Å². The number of aromatic nitrogens is 2. The van der Waals surface area contributed by atoms with Crippen molar-refractivity contribution in [2.75, 3.05) is 0 Å². The van der Waals surface area contributed by atoms with Crippen LogP contribution in [0.4, 0.5) is 0 Å². The zero-order valence-electron chi connectivity index (χ0n) is 23.2. The molecule has 0 fully saturated rings. The Morgan fingerprint density at radius 1 is 0.465 bits per heavy atom. The number of pyridine rings is 1. The largest absolute Gasteiger partial charge is 0.309 e. The van der Waals surface area contributed by atoms with E-state index in [1.807, 2.05) is 42.5 Å². The Balaban J connectivity index is 1.44. The molecule has 0 N–H and O–H groups in total. The maximum Gasteiger partial charge on any atom is 0.172 e. The van der Waals surface area contributed by atoms with Crippen LogP contribution >= 0.6 is 7.14 Å². The van der Waals surface area contributed by atoms with Crippen LogP contribution in [0.5, 0.6) is 0 Å². The minimum Gasteiger partial charge on any atom is -0.309 e. The number of hydrogen-bond donors (Lipinski definition) is 0. The Morgan fingerprint density at radius 2 is 1.02 bits per heavy atom. The van der Waals surface area contributed by atoms with Gasteiger partial charge in [-0.05, 0) is 57.3 Å². The molecule has 0 aliphatic rings. The highest BCUT2D eigenvalue weighted by molar-refractivity contribution is 7.86. The topological polar surface area (TPSA) is 34.4 Å². The van der Waals surface area contributed by atoms with E-state index in [1.165, 1.54) is 0 Å². The van der Waals surface area contributed by atoms with Gasteiger partial charge in [0.1, 0.15) is 5.65 Å². The van der Waals surface area contributed by atoms with Crippen LogP contribution in [0.25, 0.3) is 59.9 Å². The van der Waals surface area contributed by atoms with Crippen molar-refractivity contribution in [1.82, 2.24) is 9.38 Å². The smallest absolute Gasteiger partial charge is 0.172 e. The quantitative estimate of drug-likeness (QED) is 0.158. The Labute approximate surface area is 248 Å². The molecule has 0 amide bonds. The highest BCUT2D eigenvalue weighted by Gasteiger charge is 2.33. The normalized spacial score (nSPS) is 12.3. The molecular formula is C39H25N2OP. The Hall–Kier alpha value is -5.24. The number of nitrogens with zero attached hydrogens (tertiary/aromatic N) is 2. The molecule has 0 saturated carbocycles. The molecule has 2 aromatic heterocycles. The second kappa shape index (κ2) is 9.13. The van der Waals surface area contributed by atoms with E-state index in [1.54, 1.807) is 0 Å². The first kappa shape index (κ1) is 24.4. The number of para-hydroxylation sites is 3. The summed E-state index contributed by atoms with van der Waals surface area (Å²) in [6.07, 6.45) is 0. The van der Waals surface area contributed by atoms with Gasteiger partial charge in [-0.25, -0.2) is 4.98 Å². The number of benzene rings is 7. The number of hydrogen-bond acceptors (Lipinski definition) is 2. The molecule has 43 heavy (non-hydrogen) atoms. The maximum absolute atomic E-state index is 16.2. The van der Waals surface area contributed by atoms with Gasteiger partial charge in [0.15, 0.2) is 7.14 Å². The fourth-order valence-electron chi connectivity index (χ4n) is 6.87. The molecule has 0 bridgehead atoms. The standard InChI is InChI=1S/C39H25N2OP/c42-43(37-21-9-13-26-11-1-3-15-29(26)37,38-22-10-14-27-12-2-4-16-30(27)38)28-23-24-32-33(25-28)31-17-5-7-19-35(31)41-36-20-8-6-18-34(36)40-39(32)41/h1-25H. The summed E-state index contributed by atoms with van der Waals surface area (Å²) in [6.45, 7) is 0. The maximum atomic E-state index is 16.2. The van der Waals surface area contributed by atoms with E-state index >= 15 is 4.57 Å². The molecule has 0 saturated heterocycles. The van der Waals surface area contributed by atoms with Crippen LogP contribution in [0.15, 0.2) is 152 Å². The lowest BCUT2D eigenvalue weighted by Crippen LogP contribution is -2.26. The van der Waals surface area contributed by atoms with Gasteiger partial charge in [-0.1, -0.05) is 121 Å². The Bertz CT molecular complexity index is 2520. The van der Waals surface area contributed by atoms with Crippen molar-refractivity contribution in [2.45, 2.75) is 0 Å². The third-order valence-corrected chi connectivity index (χ3v) is 12.0. The molecule has 4 heteroatoms. The molecule has 0 unspecified atom stereocenters. The van der Waals surface area contributed by atoms with E-state index in [0.29, 0.717) is 0 Å². The zero-order valence-corrected chi connectivity index (χ0v) is 24.1. The van der Waals surface area contributed by atoms with Crippen LogP contribution in [-0.4, -0.2) is 9.38 Å². The first-order valence-corrected chi connectivity index (χ1v) is 16.2. The summed E-state index contributed by atoms with van der Waals surface area (Å²) in [6, 6.07) is 52.0. The van der Waals surface area contributed by atoms with Gasteiger partial charge < -0.3 is 4.57 Å². The monoisotopic (exact) mass is 568 g/mol. The van der Waals surface area contributed by atoms with E-state index < -0.39 is 7.14 Å². The van der Waals surface area contributed by atoms with E-state index in [2.05, 4.69) is 114 Å². The summed E-state index contributed by atoms with van der Waals surface area (Å²) in [7, 11) is -3.37. The van der Waals surface area contributed by atoms with Crippen molar-refractivity contribution >= 4 is 83.0 Å². The van der Waals surface area contributed by atoms with Crippen molar-refractivity contribution < 1.29 is 4.57 Å². The summed E-state index contributed by atoms with van der Waals surface area (Å²) in [5, 5.41) is 9.93. The molecule has 0 spiro atoms. The van der Waals surface area contributed by atoms with Crippen molar-refractivity contribution in [2.24, 2.45) is 0 Å². The minimum absolute atomic E-state index is 0.818. The predicted octanol–water partition coefficient (Wildman–Crippen LogP) is 8.74. The summed E-state index contributed by atoms with van der Waals surface area (Å²) in [5.41, 5.74) is 4.03. The number of imidazole rings is 1. The first-order valence-electron chi connectivity index (χ1n) is 14.5. The lowest BCUT2D eigenvalue weighted by molar-refractivity contribution is 0.593. The van der Waals surface area contributed by atoms with Gasteiger partial charge in [0, 0.05) is 26.7 Å². The van der Waals surface area contributed by atoms with Gasteiger partial charge in [0.2, 0.25) is 0 Å². The van der Waals surface area contributed by atoms with Crippen LogP contribution in [0.3, 0.4) is 0 Å². The van der Waals surface area contributed by atoms with Crippen LogP contribution in [0.1, 0.15) is 0 Å². The molecule has 7 aromatic carbocycles. The average Bonchev–Trinajstić information content (AvgIpc) is 3.47. The lowest BCUT2D eigenvalue weighted by Gasteiger charge is -2.24. The summed E-state index contributed by atoms with van der Waals surface area (Å²) < 4.78 is 18.5. The second-order valence-electron chi connectivity index (χ2n) is 11.1. The van der Waals surface area contributed by atoms with Gasteiger partial charge in [0.05, 0.1) is 16.6 Å². The minimum atomic E-state index is -3.37. The van der Waals surface area contributed by atoms with Crippen molar-refractivity contribution in [3.63, 3.8) is 0 Å². The van der Waals surface area contributed by atoms with Crippen LogP contribution in [-0.2, 0) is 4.57 Å². The molecule has 0 radical (unpaired) electrons. The fourth-order valence-corrected chi connectivity index (χ4v) is 9.96. The highest BCUT2D eigenvalue weighted by atomic mass is 31.2.